The Hall–Kier alpha value is -2.50. The first-order valence-corrected chi connectivity index (χ1v) is 6.77. The largest absolute Gasteiger partial charge is 0.492 e. The van der Waals surface area contributed by atoms with Crippen LogP contribution in [0.3, 0.4) is 0 Å². The molecule has 6 heteroatoms. The average molecular weight is 288 g/mol. The van der Waals surface area contributed by atoms with E-state index in [1.807, 2.05) is 43.3 Å². The number of aryl methyl sites for hydroxylation is 2. The number of nitrogens with one attached hydrogen (secondary N) is 1. The van der Waals surface area contributed by atoms with Crippen molar-refractivity contribution >= 4 is 11.8 Å². The molecule has 21 heavy (non-hydrogen) atoms. The van der Waals surface area contributed by atoms with Gasteiger partial charge in [-0.1, -0.05) is 18.2 Å². The average Bonchev–Trinajstić information content (AvgIpc) is 2.78. The van der Waals surface area contributed by atoms with Crippen LogP contribution in [0.5, 0.6) is 5.75 Å². The Morgan fingerprint density at radius 1 is 1.38 bits per heavy atom. The second kappa shape index (κ2) is 6.78. The molecule has 1 heterocycles. The lowest BCUT2D eigenvalue weighted by Crippen LogP contribution is -2.35. The molecule has 0 spiro atoms. The molecule has 0 unspecified atom stereocenters. The number of likely N-dealkylation sites (N-methyl/N-ethyl adjacent to an activating group) is 1. The third kappa shape index (κ3) is 4.24. The van der Waals surface area contributed by atoms with Crippen LogP contribution in [0.2, 0.25) is 0 Å². The summed E-state index contributed by atoms with van der Waals surface area (Å²) in [6.45, 7) is 2.82. The van der Waals surface area contributed by atoms with Gasteiger partial charge in [-0.2, -0.15) is 5.10 Å². The van der Waals surface area contributed by atoms with E-state index in [9.17, 15) is 4.79 Å². The summed E-state index contributed by atoms with van der Waals surface area (Å²) in [4.78, 5) is 13.6. The molecule has 6 nitrogen and oxygen atoms in total. The van der Waals surface area contributed by atoms with E-state index in [4.69, 9.17) is 4.74 Å². The smallest absolute Gasteiger partial charge is 0.322 e. The number of nitrogens with zero attached hydrogens (tertiary/aromatic N) is 3. The molecule has 0 saturated heterocycles. The second-order valence-corrected chi connectivity index (χ2v) is 4.81. The predicted molar refractivity (Wildman–Crippen MR) is 81.5 cm³/mol. The first kappa shape index (κ1) is 14.9. The van der Waals surface area contributed by atoms with Gasteiger partial charge in [-0.25, -0.2) is 4.79 Å². The second-order valence-electron chi connectivity index (χ2n) is 4.81. The van der Waals surface area contributed by atoms with Crippen LogP contribution in [0.4, 0.5) is 10.6 Å². The van der Waals surface area contributed by atoms with Crippen LogP contribution < -0.4 is 10.1 Å². The van der Waals surface area contributed by atoms with Gasteiger partial charge in [0.05, 0.1) is 12.2 Å². The van der Waals surface area contributed by atoms with Crippen LogP contribution in [0.1, 0.15) is 5.69 Å². The summed E-state index contributed by atoms with van der Waals surface area (Å²) < 4.78 is 7.21. The number of carbonyl (C=O) groups excluding carboxylic acids is 1. The molecular formula is C15H20N4O2. The van der Waals surface area contributed by atoms with Gasteiger partial charge in [-0.15, -0.1) is 0 Å². The number of ether oxygens (including phenoxy) is 1. The van der Waals surface area contributed by atoms with Crippen molar-refractivity contribution in [2.45, 2.75) is 6.92 Å². The van der Waals surface area contributed by atoms with E-state index in [0.717, 1.165) is 11.4 Å². The molecule has 0 aliphatic heterocycles. The number of urea groups is 1. The quantitative estimate of drug-likeness (QED) is 0.918. The lowest BCUT2D eigenvalue weighted by Gasteiger charge is -2.18. The predicted octanol–water partition coefficient (Wildman–Crippen LogP) is 2.27. The number of anilines is 1. The maximum absolute atomic E-state index is 12.0. The number of aromatic nitrogens is 2. The third-order valence-electron chi connectivity index (χ3n) is 3.02. The fraction of sp³-hybridized carbons (Fsp3) is 0.333. The van der Waals surface area contributed by atoms with Crippen molar-refractivity contribution in [3.05, 3.63) is 42.1 Å². The molecule has 0 aliphatic carbocycles. The van der Waals surface area contributed by atoms with Crippen molar-refractivity contribution in [2.24, 2.45) is 7.05 Å². The first-order valence-electron chi connectivity index (χ1n) is 6.77. The molecule has 0 aliphatic rings. The van der Waals surface area contributed by atoms with Crippen molar-refractivity contribution < 1.29 is 9.53 Å². The highest BCUT2D eigenvalue weighted by Crippen LogP contribution is 2.09. The lowest BCUT2D eigenvalue weighted by atomic mass is 10.3. The molecule has 1 aromatic heterocycles. The number of hydrogen-bond donors (Lipinski definition) is 1. The highest BCUT2D eigenvalue weighted by atomic mass is 16.5. The first-order chi connectivity index (χ1) is 10.1. The summed E-state index contributed by atoms with van der Waals surface area (Å²) in [5.41, 5.74) is 0.864. The van der Waals surface area contributed by atoms with Crippen LogP contribution in [0, 0.1) is 6.92 Å². The van der Waals surface area contributed by atoms with E-state index >= 15 is 0 Å². The van der Waals surface area contributed by atoms with Gasteiger partial charge in [-0.3, -0.25) is 10.00 Å². The van der Waals surface area contributed by atoms with Gasteiger partial charge in [0, 0.05) is 20.2 Å². The van der Waals surface area contributed by atoms with Crippen LogP contribution in [0.15, 0.2) is 36.4 Å². The number of benzene rings is 1. The highest BCUT2D eigenvalue weighted by Gasteiger charge is 2.11. The Bertz CT molecular complexity index is 595. The zero-order valence-electron chi connectivity index (χ0n) is 12.5. The fourth-order valence-electron chi connectivity index (χ4n) is 1.85. The summed E-state index contributed by atoms with van der Waals surface area (Å²) >= 11 is 0. The van der Waals surface area contributed by atoms with Crippen molar-refractivity contribution in [1.29, 1.82) is 0 Å². The minimum absolute atomic E-state index is 0.185. The fourth-order valence-corrected chi connectivity index (χ4v) is 1.85. The molecule has 0 atom stereocenters. The summed E-state index contributed by atoms with van der Waals surface area (Å²) in [5.74, 6) is 1.47. The van der Waals surface area contributed by atoms with E-state index < -0.39 is 0 Å². The van der Waals surface area contributed by atoms with Gasteiger partial charge in [-0.05, 0) is 19.1 Å². The van der Waals surface area contributed by atoms with Gasteiger partial charge < -0.3 is 9.64 Å². The Morgan fingerprint density at radius 3 is 2.71 bits per heavy atom. The molecule has 2 rings (SSSR count). The SMILES string of the molecule is Cc1cc(NC(=O)N(C)CCOc2ccccc2)n(C)n1. The van der Waals surface area contributed by atoms with Gasteiger partial charge >= 0.3 is 6.03 Å². The van der Waals surface area contributed by atoms with Gasteiger partial charge in [0.1, 0.15) is 18.2 Å². The highest BCUT2D eigenvalue weighted by molar-refractivity contribution is 5.88. The Morgan fingerprint density at radius 2 is 2.10 bits per heavy atom. The summed E-state index contributed by atoms with van der Waals surface area (Å²) in [7, 11) is 3.52. The maximum atomic E-state index is 12.0. The van der Waals surface area contributed by atoms with Gasteiger partial charge in [0.15, 0.2) is 0 Å². The Kier molecular flexibility index (Phi) is 4.81. The molecule has 0 saturated carbocycles. The van der Waals surface area contributed by atoms with E-state index in [0.29, 0.717) is 19.0 Å². The molecule has 112 valence electrons. The van der Waals surface area contributed by atoms with E-state index in [1.54, 1.807) is 23.7 Å². The monoisotopic (exact) mass is 288 g/mol. The Labute approximate surface area is 124 Å². The molecule has 0 bridgehead atoms. The van der Waals surface area contributed by atoms with E-state index in [2.05, 4.69) is 10.4 Å². The van der Waals surface area contributed by atoms with Gasteiger partial charge in [0.25, 0.3) is 0 Å². The molecule has 2 aromatic rings. The lowest BCUT2D eigenvalue weighted by molar-refractivity contribution is 0.207. The molecule has 1 aromatic carbocycles. The molecule has 2 amide bonds. The zero-order chi connectivity index (χ0) is 15.2. The van der Waals surface area contributed by atoms with Crippen molar-refractivity contribution in [3.8, 4) is 5.75 Å². The summed E-state index contributed by atoms with van der Waals surface area (Å²) in [6.07, 6.45) is 0. The number of carbonyl (C=O) groups is 1. The normalized spacial score (nSPS) is 10.2. The maximum Gasteiger partial charge on any atom is 0.322 e. The number of rotatable bonds is 5. The zero-order valence-corrected chi connectivity index (χ0v) is 12.5. The van der Waals surface area contributed by atoms with Crippen LogP contribution in [0.25, 0.3) is 0 Å². The minimum Gasteiger partial charge on any atom is -0.492 e. The summed E-state index contributed by atoms with van der Waals surface area (Å²) in [6, 6.07) is 11.2. The van der Waals surface area contributed by atoms with Crippen molar-refractivity contribution in [3.63, 3.8) is 0 Å². The number of para-hydroxylation sites is 1. The standard InChI is InChI=1S/C15H20N4O2/c1-12-11-14(19(3)17-12)16-15(20)18(2)9-10-21-13-7-5-4-6-8-13/h4-8,11H,9-10H2,1-3H3,(H,16,20). The van der Waals surface area contributed by atoms with E-state index in [-0.39, 0.29) is 6.03 Å². The van der Waals surface area contributed by atoms with Crippen LogP contribution in [-0.2, 0) is 7.05 Å². The molecule has 0 radical (unpaired) electrons. The van der Waals surface area contributed by atoms with Gasteiger partial charge in [0.2, 0.25) is 0 Å². The van der Waals surface area contributed by atoms with Crippen molar-refractivity contribution in [1.82, 2.24) is 14.7 Å². The van der Waals surface area contributed by atoms with Crippen molar-refractivity contribution in [2.75, 3.05) is 25.5 Å². The molecular weight excluding hydrogens is 268 g/mol. The molecule has 1 N–H and O–H groups in total. The van der Waals surface area contributed by atoms with E-state index in [1.165, 1.54) is 0 Å². The number of amides is 2. The van der Waals surface area contributed by atoms with Crippen LogP contribution in [-0.4, -0.2) is 40.9 Å². The number of hydrogen-bond acceptors (Lipinski definition) is 3. The topological polar surface area (TPSA) is 59.4 Å². The summed E-state index contributed by atoms with van der Waals surface area (Å²) in [5, 5.41) is 7.00. The molecule has 0 fully saturated rings. The van der Waals surface area contributed by atoms with Crippen LogP contribution >= 0.6 is 0 Å². The third-order valence-corrected chi connectivity index (χ3v) is 3.02. The minimum atomic E-state index is -0.185. The Balaban J connectivity index is 1.79.